The van der Waals surface area contributed by atoms with E-state index in [1.807, 2.05) is 0 Å². The Balaban J connectivity index is 2.76. The fourth-order valence-electron chi connectivity index (χ4n) is 1.88. The van der Waals surface area contributed by atoms with Crippen LogP contribution in [0, 0.1) is 0 Å². The van der Waals surface area contributed by atoms with Gasteiger partial charge in [-0.3, -0.25) is 0 Å². The fraction of sp³-hybridized carbons (Fsp3) is 0.500. The largest absolute Gasteiger partial charge is 0.444 e. The maximum atomic E-state index is 12.5. The zero-order chi connectivity index (χ0) is 20.0. The molecular weight excluding hydrogens is 336 g/mol. The molecule has 1 rings (SSSR count). The highest BCUT2D eigenvalue weighted by Gasteiger charge is 2.36. The molecule has 0 aliphatic heterocycles. The molecular formula is C18H28N4O4. The quantitative estimate of drug-likeness (QED) is 0.307. The molecule has 0 saturated heterocycles. The molecule has 0 aromatic heterocycles. The molecule has 1 aromatic rings. The summed E-state index contributed by atoms with van der Waals surface area (Å²) in [6, 6.07) is 6.78. The van der Waals surface area contributed by atoms with Gasteiger partial charge < -0.3 is 26.3 Å². The van der Waals surface area contributed by atoms with Crippen molar-refractivity contribution in [2.24, 2.45) is 16.5 Å². The van der Waals surface area contributed by atoms with E-state index in [0.717, 1.165) is 5.56 Å². The number of alkyl carbamates (subject to hydrolysis) is 1. The van der Waals surface area contributed by atoms with Crippen LogP contribution in [0.15, 0.2) is 29.3 Å². The molecule has 0 aliphatic carbocycles. The predicted molar refractivity (Wildman–Crippen MR) is 99.7 cm³/mol. The smallest absolute Gasteiger partial charge is 0.408 e. The third-order valence-electron chi connectivity index (χ3n) is 3.51. The van der Waals surface area contributed by atoms with Gasteiger partial charge in [0.25, 0.3) is 0 Å². The predicted octanol–water partition coefficient (Wildman–Crippen LogP) is 2.06. The minimum absolute atomic E-state index is 0.00688. The Hall–Kier alpha value is -2.77. The van der Waals surface area contributed by atoms with E-state index in [1.54, 1.807) is 58.9 Å². The Morgan fingerprint density at radius 2 is 1.69 bits per heavy atom. The number of ether oxygens (including phenoxy) is 2. The normalized spacial score (nSPS) is 13.3. The zero-order valence-electron chi connectivity index (χ0n) is 16.0. The van der Waals surface area contributed by atoms with Crippen LogP contribution in [0.25, 0.3) is 0 Å². The number of guanidine groups is 1. The number of aliphatic imine (C=N–C) groups is 1. The van der Waals surface area contributed by atoms with Crippen molar-refractivity contribution in [2.45, 2.75) is 58.7 Å². The average molecular weight is 364 g/mol. The Morgan fingerprint density at radius 1 is 1.12 bits per heavy atom. The van der Waals surface area contributed by atoms with E-state index in [1.165, 1.54) is 0 Å². The van der Waals surface area contributed by atoms with Gasteiger partial charge in [-0.2, -0.15) is 0 Å². The lowest BCUT2D eigenvalue weighted by Crippen LogP contribution is -2.54. The van der Waals surface area contributed by atoms with Gasteiger partial charge >= 0.3 is 12.1 Å². The van der Waals surface area contributed by atoms with Crippen molar-refractivity contribution in [1.82, 2.24) is 5.32 Å². The Bertz CT molecular complexity index is 661. The summed E-state index contributed by atoms with van der Waals surface area (Å²) in [6.07, 6.45) is -0.334. The maximum absolute atomic E-state index is 12.5. The van der Waals surface area contributed by atoms with E-state index in [0.29, 0.717) is 18.7 Å². The van der Waals surface area contributed by atoms with Crippen LogP contribution < -0.4 is 21.5 Å². The summed E-state index contributed by atoms with van der Waals surface area (Å²) < 4.78 is 10.6. The first-order valence-electron chi connectivity index (χ1n) is 8.33. The third-order valence-corrected chi connectivity index (χ3v) is 3.51. The molecule has 0 aliphatic rings. The number of hydrogen-bond donors (Lipinski definition) is 3. The van der Waals surface area contributed by atoms with Crippen LogP contribution in [0.5, 0.6) is 5.75 Å². The van der Waals surface area contributed by atoms with Gasteiger partial charge in [0.2, 0.25) is 0 Å². The first-order valence-corrected chi connectivity index (χ1v) is 8.33. The number of nitrogens with one attached hydrogen (secondary N) is 1. The summed E-state index contributed by atoms with van der Waals surface area (Å²) in [5, 5.41) is 2.58. The van der Waals surface area contributed by atoms with Gasteiger partial charge in [-0.05, 0) is 51.8 Å². The summed E-state index contributed by atoms with van der Waals surface area (Å²) in [6.45, 7) is 8.95. The number of carbonyl (C=O) groups excluding carboxylic acids is 2. The van der Waals surface area contributed by atoms with Crippen LogP contribution >= 0.6 is 0 Å². The van der Waals surface area contributed by atoms with Gasteiger partial charge in [0.1, 0.15) is 16.9 Å². The van der Waals surface area contributed by atoms with Crippen LogP contribution in [-0.4, -0.2) is 29.2 Å². The number of nitrogens with two attached hydrogens (primary N) is 2. The number of esters is 1. The zero-order valence-corrected chi connectivity index (χ0v) is 16.0. The second-order valence-corrected chi connectivity index (χ2v) is 7.09. The molecule has 0 saturated carbocycles. The molecule has 26 heavy (non-hydrogen) atoms. The van der Waals surface area contributed by atoms with Crippen LogP contribution in [0.3, 0.4) is 0 Å². The van der Waals surface area contributed by atoms with E-state index in [9.17, 15) is 9.59 Å². The lowest BCUT2D eigenvalue weighted by Gasteiger charge is -2.29. The fourth-order valence-corrected chi connectivity index (χ4v) is 1.88. The number of benzene rings is 1. The van der Waals surface area contributed by atoms with Gasteiger partial charge in [-0.15, -0.1) is 0 Å². The summed E-state index contributed by atoms with van der Waals surface area (Å²) >= 11 is 0. The molecule has 8 nitrogen and oxygen atoms in total. The molecule has 1 amide bonds. The molecule has 0 bridgehead atoms. The average Bonchev–Trinajstić information content (AvgIpc) is 2.52. The van der Waals surface area contributed by atoms with E-state index >= 15 is 0 Å². The van der Waals surface area contributed by atoms with Gasteiger partial charge in [-0.25, -0.2) is 14.6 Å². The minimum atomic E-state index is -1.21. The highest BCUT2D eigenvalue weighted by atomic mass is 16.6. The molecule has 0 radical (unpaired) electrons. The van der Waals surface area contributed by atoms with Crippen LogP contribution in [0.1, 0.15) is 46.6 Å². The number of rotatable bonds is 6. The van der Waals surface area contributed by atoms with Crippen LogP contribution in [-0.2, 0) is 16.1 Å². The molecule has 144 valence electrons. The lowest BCUT2D eigenvalue weighted by molar-refractivity contribution is -0.141. The van der Waals surface area contributed by atoms with Gasteiger partial charge in [0, 0.05) is 0 Å². The number of nitrogens with zero attached hydrogens (tertiary/aromatic N) is 1. The summed E-state index contributed by atoms with van der Waals surface area (Å²) in [5.74, 6) is -0.218. The van der Waals surface area contributed by atoms with Crippen molar-refractivity contribution in [1.29, 1.82) is 0 Å². The Kier molecular flexibility index (Phi) is 7.00. The standard InChI is InChI=1S/C18H28N4O4/c1-6-18(5,22-16(24)26-17(2,3)4)14(23)25-13-9-7-12(8-10-13)11-21-15(19)20/h7-10H,6,11H2,1-5H3,(H,22,24)(H4,19,20,21)/t18-/m0/s1. The molecule has 1 atom stereocenters. The Morgan fingerprint density at radius 3 is 2.15 bits per heavy atom. The highest BCUT2D eigenvalue weighted by Crippen LogP contribution is 2.19. The van der Waals surface area contributed by atoms with Crippen molar-refractivity contribution in [3.05, 3.63) is 29.8 Å². The van der Waals surface area contributed by atoms with Crippen molar-refractivity contribution in [2.75, 3.05) is 0 Å². The van der Waals surface area contributed by atoms with Gasteiger partial charge in [0.05, 0.1) is 6.54 Å². The van der Waals surface area contributed by atoms with E-state index in [4.69, 9.17) is 20.9 Å². The van der Waals surface area contributed by atoms with Crippen molar-refractivity contribution in [3.63, 3.8) is 0 Å². The minimum Gasteiger partial charge on any atom is -0.444 e. The third kappa shape index (κ3) is 7.00. The van der Waals surface area contributed by atoms with E-state index in [2.05, 4.69) is 10.3 Å². The molecule has 5 N–H and O–H groups in total. The number of amides is 1. The van der Waals surface area contributed by atoms with Crippen molar-refractivity contribution >= 4 is 18.0 Å². The molecule has 0 unspecified atom stereocenters. The number of hydrogen-bond acceptors (Lipinski definition) is 5. The lowest BCUT2D eigenvalue weighted by atomic mass is 9.99. The molecule has 0 fully saturated rings. The topological polar surface area (TPSA) is 129 Å². The maximum Gasteiger partial charge on any atom is 0.408 e. The van der Waals surface area contributed by atoms with Crippen molar-refractivity contribution in [3.8, 4) is 5.75 Å². The first kappa shape index (κ1) is 21.3. The van der Waals surface area contributed by atoms with Crippen LogP contribution in [0.4, 0.5) is 4.79 Å². The number of carbonyl (C=O) groups is 2. The second kappa shape index (κ2) is 8.55. The van der Waals surface area contributed by atoms with E-state index in [-0.39, 0.29) is 5.96 Å². The summed E-state index contributed by atoms with van der Waals surface area (Å²) in [5.41, 5.74) is 9.58. The van der Waals surface area contributed by atoms with Crippen molar-refractivity contribution < 1.29 is 19.1 Å². The first-order chi connectivity index (χ1) is 11.9. The van der Waals surface area contributed by atoms with Crippen LogP contribution in [0.2, 0.25) is 0 Å². The van der Waals surface area contributed by atoms with Gasteiger partial charge in [0.15, 0.2) is 5.96 Å². The molecule has 0 heterocycles. The van der Waals surface area contributed by atoms with Gasteiger partial charge in [-0.1, -0.05) is 19.1 Å². The summed E-state index contributed by atoms with van der Waals surface area (Å²) in [4.78, 5) is 28.4. The SMILES string of the molecule is CC[C@](C)(NC(=O)OC(C)(C)C)C(=O)Oc1ccc(CN=C(N)N)cc1. The molecule has 8 heteroatoms. The highest BCUT2D eigenvalue weighted by molar-refractivity contribution is 5.86. The van der Waals surface area contributed by atoms with E-state index < -0.39 is 23.2 Å². The Labute approximate surface area is 153 Å². The molecule has 0 spiro atoms. The molecule has 1 aromatic carbocycles. The monoisotopic (exact) mass is 364 g/mol. The summed E-state index contributed by atoms with van der Waals surface area (Å²) in [7, 11) is 0. The second-order valence-electron chi connectivity index (χ2n) is 7.09.